The zero-order valence-corrected chi connectivity index (χ0v) is 8.80. The third kappa shape index (κ3) is 1.84. The van der Waals surface area contributed by atoms with Crippen LogP contribution in [0.15, 0.2) is 34.9 Å². The Morgan fingerprint density at radius 2 is 1.92 bits per heavy atom. The molecule has 13 heavy (non-hydrogen) atoms. The first-order valence-electron chi connectivity index (χ1n) is 3.98. The lowest BCUT2D eigenvalue weighted by atomic mass is 10.2. The van der Waals surface area contributed by atoms with Crippen LogP contribution in [-0.2, 0) is 0 Å². The summed E-state index contributed by atoms with van der Waals surface area (Å²) < 4.78 is 1.09. The third-order valence-electron chi connectivity index (χ3n) is 1.84. The van der Waals surface area contributed by atoms with Gasteiger partial charge in [-0.3, -0.25) is 5.01 Å². The van der Waals surface area contributed by atoms with Crippen molar-refractivity contribution in [3.8, 4) is 0 Å². The highest BCUT2D eigenvalue weighted by Crippen LogP contribution is 2.17. The number of nitrogens with zero attached hydrogens (tertiary/aromatic N) is 1. The van der Waals surface area contributed by atoms with E-state index in [0.29, 0.717) is 0 Å². The lowest BCUT2D eigenvalue weighted by Gasteiger charge is -2.05. The minimum Gasteiger partial charge on any atom is -0.302 e. The van der Waals surface area contributed by atoms with Crippen molar-refractivity contribution in [2.24, 2.45) is 0 Å². The van der Waals surface area contributed by atoms with E-state index >= 15 is 0 Å². The van der Waals surface area contributed by atoms with Crippen molar-refractivity contribution < 1.29 is 0 Å². The standard InChI is InChI=1S/C9H10BrN3/c1-13-6-9(11-12-13)7-2-4-8(10)5-3-7/h2-6,11-12H,1H3. The van der Waals surface area contributed by atoms with Crippen molar-refractivity contribution >= 4 is 21.6 Å². The van der Waals surface area contributed by atoms with Crippen LogP contribution in [0.1, 0.15) is 5.56 Å². The van der Waals surface area contributed by atoms with E-state index in [1.807, 2.05) is 30.4 Å². The third-order valence-corrected chi connectivity index (χ3v) is 2.37. The van der Waals surface area contributed by atoms with Crippen LogP contribution in [-0.4, -0.2) is 12.1 Å². The Kier molecular flexibility index (Phi) is 2.24. The molecule has 3 nitrogen and oxygen atoms in total. The summed E-state index contributed by atoms with van der Waals surface area (Å²) in [7, 11) is 1.94. The Morgan fingerprint density at radius 1 is 1.23 bits per heavy atom. The molecule has 0 fully saturated rings. The molecule has 0 amide bonds. The summed E-state index contributed by atoms with van der Waals surface area (Å²) in [5.74, 6) is 0. The van der Waals surface area contributed by atoms with Crippen LogP contribution in [0, 0.1) is 0 Å². The van der Waals surface area contributed by atoms with Crippen LogP contribution in [0.4, 0.5) is 0 Å². The predicted octanol–water partition coefficient (Wildman–Crippen LogP) is 1.70. The number of nitrogens with one attached hydrogen (secondary N) is 2. The van der Waals surface area contributed by atoms with E-state index in [1.165, 1.54) is 5.56 Å². The van der Waals surface area contributed by atoms with Gasteiger partial charge in [0.1, 0.15) is 0 Å². The van der Waals surface area contributed by atoms with Gasteiger partial charge in [-0.15, -0.1) is 5.53 Å². The number of benzene rings is 1. The molecular formula is C9H10BrN3. The molecule has 0 aromatic heterocycles. The maximum atomic E-state index is 3.40. The molecule has 0 saturated heterocycles. The first kappa shape index (κ1) is 8.59. The number of hydrogen-bond acceptors (Lipinski definition) is 3. The molecule has 0 aliphatic carbocycles. The maximum Gasteiger partial charge on any atom is 0.0751 e. The predicted molar refractivity (Wildman–Crippen MR) is 56.2 cm³/mol. The largest absolute Gasteiger partial charge is 0.302 e. The number of rotatable bonds is 1. The van der Waals surface area contributed by atoms with Gasteiger partial charge in [0.05, 0.1) is 5.70 Å². The van der Waals surface area contributed by atoms with Gasteiger partial charge in [0.15, 0.2) is 0 Å². The quantitative estimate of drug-likeness (QED) is 0.782. The number of hydrazine groups is 2. The average molecular weight is 240 g/mol. The fraction of sp³-hybridized carbons (Fsp3) is 0.111. The molecule has 68 valence electrons. The molecule has 1 aromatic carbocycles. The van der Waals surface area contributed by atoms with Gasteiger partial charge < -0.3 is 5.43 Å². The molecule has 0 radical (unpaired) electrons. The van der Waals surface area contributed by atoms with Crippen LogP contribution in [0.25, 0.3) is 5.70 Å². The summed E-state index contributed by atoms with van der Waals surface area (Å²) in [4.78, 5) is 0. The summed E-state index contributed by atoms with van der Waals surface area (Å²) in [5, 5.41) is 1.87. The van der Waals surface area contributed by atoms with Crippen molar-refractivity contribution in [3.05, 3.63) is 40.5 Å². The summed E-state index contributed by atoms with van der Waals surface area (Å²) in [5.41, 5.74) is 8.27. The van der Waals surface area contributed by atoms with E-state index < -0.39 is 0 Å². The summed E-state index contributed by atoms with van der Waals surface area (Å²) in [6, 6.07) is 8.17. The monoisotopic (exact) mass is 239 g/mol. The number of hydrogen-bond donors (Lipinski definition) is 2. The molecule has 0 spiro atoms. The molecule has 2 rings (SSSR count). The molecule has 1 aliphatic heterocycles. The fourth-order valence-corrected chi connectivity index (χ4v) is 1.45. The molecule has 0 bridgehead atoms. The summed E-state index contributed by atoms with van der Waals surface area (Å²) in [6.45, 7) is 0. The topological polar surface area (TPSA) is 27.3 Å². The Balaban J connectivity index is 2.26. The molecule has 0 atom stereocenters. The Hall–Kier alpha value is -1.00. The van der Waals surface area contributed by atoms with E-state index in [4.69, 9.17) is 0 Å². The lowest BCUT2D eigenvalue weighted by Crippen LogP contribution is -2.33. The van der Waals surface area contributed by atoms with Crippen molar-refractivity contribution in [3.63, 3.8) is 0 Å². The van der Waals surface area contributed by atoms with Gasteiger partial charge in [-0.25, -0.2) is 0 Å². The Bertz CT molecular complexity index is 331. The van der Waals surface area contributed by atoms with Crippen LogP contribution in [0.3, 0.4) is 0 Å². The van der Waals surface area contributed by atoms with Gasteiger partial charge in [-0.1, -0.05) is 28.1 Å². The zero-order chi connectivity index (χ0) is 9.26. The smallest absolute Gasteiger partial charge is 0.0751 e. The first-order chi connectivity index (χ1) is 6.25. The second-order valence-electron chi connectivity index (χ2n) is 2.90. The molecule has 0 unspecified atom stereocenters. The highest BCUT2D eigenvalue weighted by molar-refractivity contribution is 9.10. The van der Waals surface area contributed by atoms with E-state index in [2.05, 4.69) is 39.0 Å². The molecule has 1 aliphatic rings. The average Bonchev–Trinajstić information content (AvgIpc) is 2.53. The van der Waals surface area contributed by atoms with Gasteiger partial charge in [0.25, 0.3) is 0 Å². The Morgan fingerprint density at radius 3 is 2.46 bits per heavy atom. The van der Waals surface area contributed by atoms with Crippen LogP contribution in [0.2, 0.25) is 0 Å². The van der Waals surface area contributed by atoms with Gasteiger partial charge in [-0.2, -0.15) is 0 Å². The number of halogens is 1. The zero-order valence-electron chi connectivity index (χ0n) is 7.21. The van der Waals surface area contributed by atoms with Gasteiger partial charge in [0.2, 0.25) is 0 Å². The minimum atomic E-state index is 1.08. The highest BCUT2D eigenvalue weighted by Gasteiger charge is 2.08. The minimum absolute atomic E-state index is 1.08. The van der Waals surface area contributed by atoms with E-state index in [9.17, 15) is 0 Å². The molecule has 0 saturated carbocycles. The molecule has 1 aromatic rings. The fourth-order valence-electron chi connectivity index (χ4n) is 1.18. The van der Waals surface area contributed by atoms with Gasteiger partial charge >= 0.3 is 0 Å². The SMILES string of the molecule is CN1C=C(c2ccc(Br)cc2)NN1. The van der Waals surface area contributed by atoms with E-state index in [1.54, 1.807) is 0 Å². The van der Waals surface area contributed by atoms with Crippen LogP contribution in [0.5, 0.6) is 0 Å². The Labute approximate surface area is 85.5 Å². The molecule has 1 heterocycles. The summed E-state index contributed by atoms with van der Waals surface area (Å²) in [6.07, 6.45) is 2.00. The van der Waals surface area contributed by atoms with Gasteiger partial charge in [-0.05, 0) is 12.1 Å². The van der Waals surface area contributed by atoms with Crippen molar-refractivity contribution in [1.29, 1.82) is 0 Å². The van der Waals surface area contributed by atoms with E-state index in [-0.39, 0.29) is 0 Å². The highest BCUT2D eigenvalue weighted by atomic mass is 79.9. The molecule has 2 N–H and O–H groups in total. The second kappa shape index (κ2) is 3.40. The van der Waals surface area contributed by atoms with E-state index in [0.717, 1.165) is 10.2 Å². The first-order valence-corrected chi connectivity index (χ1v) is 4.77. The van der Waals surface area contributed by atoms with Crippen LogP contribution >= 0.6 is 15.9 Å². The maximum absolute atomic E-state index is 3.40. The molecular weight excluding hydrogens is 230 g/mol. The van der Waals surface area contributed by atoms with Gasteiger partial charge in [0, 0.05) is 23.3 Å². The normalized spacial score (nSPS) is 15.5. The second-order valence-corrected chi connectivity index (χ2v) is 3.81. The van der Waals surface area contributed by atoms with Crippen molar-refractivity contribution in [2.75, 3.05) is 7.05 Å². The lowest BCUT2D eigenvalue weighted by molar-refractivity contribution is 0.330. The van der Waals surface area contributed by atoms with Crippen molar-refractivity contribution in [1.82, 2.24) is 16.0 Å². The molecule has 4 heteroatoms. The van der Waals surface area contributed by atoms with Crippen molar-refractivity contribution in [2.45, 2.75) is 0 Å². The summed E-state index contributed by atoms with van der Waals surface area (Å²) >= 11 is 3.40. The van der Waals surface area contributed by atoms with Crippen LogP contribution < -0.4 is 11.0 Å².